The number of hydrogen-bond donors (Lipinski definition) is 4. The molecule has 1 fully saturated rings. The number of likely N-dealkylation sites (N-methyl/N-ethyl adjacent to an activating group) is 1. The van der Waals surface area contributed by atoms with Gasteiger partial charge in [-0.15, -0.1) is 0 Å². The first kappa shape index (κ1) is 10.9. The van der Waals surface area contributed by atoms with Crippen molar-refractivity contribution >= 4 is 0 Å². The van der Waals surface area contributed by atoms with Crippen LogP contribution in [0.2, 0.25) is 0 Å². The van der Waals surface area contributed by atoms with E-state index in [-0.39, 0.29) is 12.0 Å². The number of aliphatic hydroxyl groups excluding tert-OH is 3. The van der Waals surface area contributed by atoms with E-state index in [1.54, 1.807) is 0 Å². The molecular formula is C9H19NO3. The van der Waals surface area contributed by atoms with E-state index < -0.39 is 18.3 Å². The van der Waals surface area contributed by atoms with Crippen LogP contribution in [0.3, 0.4) is 0 Å². The third-order valence-electron chi connectivity index (χ3n) is 2.79. The predicted molar refractivity (Wildman–Crippen MR) is 49.3 cm³/mol. The van der Waals surface area contributed by atoms with Crippen LogP contribution >= 0.6 is 0 Å². The summed E-state index contributed by atoms with van der Waals surface area (Å²) in [5.74, 6) is 0.0300. The molecule has 0 heterocycles. The smallest absolute Gasteiger partial charge is 0.107 e. The van der Waals surface area contributed by atoms with Crippen LogP contribution in [-0.4, -0.2) is 46.2 Å². The Morgan fingerprint density at radius 3 is 2.31 bits per heavy atom. The molecule has 0 saturated heterocycles. The molecule has 0 spiro atoms. The van der Waals surface area contributed by atoms with Gasteiger partial charge in [0.25, 0.3) is 0 Å². The topological polar surface area (TPSA) is 72.7 Å². The third-order valence-corrected chi connectivity index (χ3v) is 2.79. The van der Waals surface area contributed by atoms with Gasteiger partial charge in [-0.05, 0) is 18.9 Å². The normalized spacial score (nSPS) is 46.4. The molecule has 1 aliphatic carbocycles. The van der Waals surface area contributed by atoms with Gasteiger partial charge in [-0.1, -0.05) is 13.8 Å². The molecule has 1 saturated carbocycles. The fourth-order valence-corrected chi connectivity index (χ4v) is 1.92. The van der Waals surface area contributed by atoms with Crippen molar-refractivity contribution in [3.05, 3.63) is 0 Å². The van der Waals surface area contributed by atoms with Crippen molar-refractivity contribution in [1.82, 2.24) is 5.32 Å². The Bertz CT molecular complexity index is 165. The molecule has 4 heteroatoms. The number of nitrogens with one attached hydrogen (secondary N) is 1. The van der Waals surface area contributed by atoms with Crippen molar-refractivity contribution in [1.29, 1.82) is 0 Å². The second-order valence-electron chi connectivity index (χ2n) is 3.85. The fourth-order valence-electron chi connectivity index (χ4n) is 1.92. The Hall–Kier alpha value is -0.160. The summed E-state index contributed by atoms with van der Waals surface area (Å²) in [6.07, 6.45) is -1.98. The van der Waals surface area contributed by atoms with Gasteiger partial charge >= 0.3 is 0 Å². The summed E-state index contributed by atoms with van der Waals surface area (Å²) in [6, 6.07) is -0.0987. The standard InChI is InChI=1S/C9H19NO3/c1-3-10-6-4-5(2)7(11)9(13)8(6)12/h5-13H,3-4H2,1-2H3. The third kappa shape index (κ3) is 2.20. The highest BCUT2D eigenvalue weighted by molar-refractivity contribution is 4.94. The minimum Gasteiger partial charge on any atom is -0.390 e. The van der Waals surface area contributed by atoms with Crippen LogP contribution in [0.5, 0.6) is 0 Å². The van der Waals surface area contributed by atoms with Crippen LogP contribution in [0.15, 0.2) is 0 Å². The lowest BCUT2D eigenvalue weighted by Gasteiger charge is -2.39. The lowest BCUT2D eigenvalue weighted by molar-refractivity contribution is -0.119. The SMILES string of the molecule is CCNC1CC(C)C(O)C(O)C1O. The van der Waals surface area contributed by atoms with Gasteiger partial charge in [0, 0.05) is 6.04 Å². The highest BCUT2D eigenvalue weighted by Crippen LogP contribution is 2.25. The van der Waals surface area contributed by atoms with Crippen LogP contribution in [0.25, 0.3) is 0 Å². The molecule has 0 amide bonds. The van der Waals surface area contributed by atoms with E-state index in [2.05, 4.69) is 5.32 Å². The van der Waals surface area contributed by atoms with Crippen molar-refractivity contribution in [3.8, 4) is 0 Å². The maximum Gasteiger partial charge on any atom is 0.107 e. The zero-order valence-electron chi connectivity index (χ0n) is 8.14. The maximum absolute atomic E-state index is 9.58. The first-order valence-corrected chi connectivity index (χ1v) is 4.85. The first-order chi connectivity index (χ1) is 6.07. The van der Waals surface area contributed by atoms with Crippen molar-refractivity contribution in [2.75, 3.05) is 6.54 Å². The molecule has 4 N–H and O–H groups in total. The van der Waals surface area contributed by atoms with E-state index in [0.29, 0.717) is 6.42 Å². The van der Waals surface area contributed by atoms with Crippen molar-refractivity contribution in [3.63, 3.8) is 0 Å². The van der Waals surface area contributed by atoms with Gasteiger partial charge in [-0.25, -0.2) is 0 Å². The zero-order chi connectivity index (χ0) is 10.0. The molecule has 5 atom stereocenters. The predicted octanol–water partition coefficient (Wildman–Crippen LogP) is -0.913. The fraction of sp³-hybridized carbons (Fsp3) is 1.00. The molecule has 78 valence electrons. The van der Waals surface area contributed by atoms with Gasteiger partial charge in [0.15, 0.2) is 0 Å². The Kier molecular flexibility index (Phi) is 3.67. The Labute approximate surface area is 78.6 Å². The van der Waals surface area contributed by atoms with E-state index in [9.17, 15) is 15.3 Å². The number of rotatable bonds is 2. The van der Waals surface area contributed by atoms with Gasteiger partial charge in [0.1, 0.15) is 6.10 Å². The van der Waals surface area contributed by atoms with E-state index in [0.717, 1.165) is 6.54 Å². The molecule has 0 bridgehead atoms. The quantitative estimate of drug-likeness (QED) is 0.454. The first-order valence-electron chi connectivity index (χ1n) is 4.85. The molecule has 1 aliphatic rings. The Morgan fingerprint density at radius 1 is 1.15 bits per heavy atom. The summed E-state index contributed by atoms with van der Waals surface area (Å²) in [5, 5.41) is 31.6. The summed E-state index contributed by atoms with van der Waals surface area (Å²) in [5.41, 5.74) is 0. The molecule has 0 radical (unpaired) electrons. The van der Waals surface area contributed by atoms with E-state index in [1.165, 1.54) is 0 Å². The Balaban J connectivity index is 2.59. The lowest BCUT2D eigenvalue weighted by atomic mass is 9.80. The van der Waals surface area contributed by atoms with Crippen molar-refractivity contribution in [2.45, 2.75) is 44.6 Å². The zero-order valence-corrected chi connectivity index (χ0v) is 8.14. The highest BCUT2D eigenvalue weighted by Gasteiger charge is 2.39. The molecule has 0 aliphatic heterocycles. The van der Waals surface area contributed by atoms with Crippen molar-refractivity contribution < 1.29 is 15.3 Å². The average molecular weight is 189 g/mol. The molecule has 0 aromatic carbocycles. The summed E-state index contributed by atoms with van der Waals surface area (Å²) in [4.78, 5) is 0. The molecule has 5 unspecified atom stereocenters. The second kappa shape index (κ2) is 4.37. The van der Waals surface area contributed by atoms with E-state index >= 15 is 0 Å². The number of hydrogen-bond acceptors (Lipinski definition) is 4. The summed E-state index contributed by atoms with van der Waals surface area (Å²) in [6.45, 7) is 4.59. The molecule has 1 rings (SSSR count). The summed E-state index contributed by atoms with van der Waals surface area (Å²) >= 11 is 0. The average Bonchev–Trinajstić information content (AvgIpc) is 2.11. The lowest BCUT2D eigenvalue weighted by Crippen LogP contribution is -2.57. The molecular weight excluding hydrogens is 170 g/mol. The second-order valence-corrected chi connectivity index (χ2v) is 3.85. The minimum atomic E-state index is -1.02. The van der Waals surface area contributed by atoms with Gasteiger partial charge in [0.05, 0.1) is 12.2 Å². The van der Waals surface area contributed by atoms with E-state index in [1.807, 2.05) is 13.8 Å². The largest absolute Gasteiger partial charge is 0.390 e. The van der Waals surface area contributed by atoms with Crippen LogP contribution in [0, 0.1) is 5.92 Å². The molecule has 0 aromatic heterocycles. The van der Waals surface area contributed by atoms with Crippen LogP contribution in [0.1, 0.15) is 20.3 Å². The molecule has 4 nitrogen and oxygen atoms in total. The molecule has 0 aromatic rings. The number of aliphatic hydroxyl groups is 3. The summed E-state index contributed by atoms with van der Waals surface area (Å²) in [7, 11) is 0. The monoisotopic (exact) mass is 189 g/mol. The van der Waals surface area contributed by atoms with Gasteiger partial charge < -0.3 is 20.6 Å². The van der Waals surface area contributed by atoms with Crippen LogP contribution in [0.4, 0.5) is 0 Å². The van der Waals surface area contributed by atoms with Crippen LogP contribution in [-0.2, 0) is 0 Å². The highest BCUT2D eigenvalue weighted by atomic mass is 16.4. The van der Waals surface area contributed by atoms with Gasteiger partial charge in [-0.3, -0.25) is 0 Å². The molecule has 13 heavy (non-hydrogen) atoms. The minimum absolute atomic E-state index is 0.0300. The Morgan fingerprint density at radius 2 is 1.77 bits per heavy atom. The maximum atomic E-state index is 9.58. The van der Waals surface area contributed by atoms with Gasteiger partial charge in [0.2, 0.25) is 0 Å². The van der Waals surface area contributed by atoms with Gasteiger partial charge in [-0.2, -0.15) is 0 Å². The summed E-state index contributed by atoms with van der Waals surface area (Å²) < 4.78 is 0. The van der Waals surface area contributed by atoms with E-state index in [4.69, 9.17) is 0 Å². The van der Waals surface area contributed by atoms with Crippen molar-refractivity contribution in [2.24, 2.45) is 5.92 Å². The van der Waals surface area contributed by atoms with Crippen LogP contribution < -0.4 is 5.32 Å².